The highest BCUT2D eigenvalue weighted by molar-refractivity contribution is 7.91. The molecule has 2 rings (SSSR count). The van der Waals surface area contributed by atoms with Crippen molar-refractivity contribution in [2.24, 2.45) is 0 Å². The quantitative estimate of drug-likeness (QED) is 0.524. The summed E-state index contributed by atoms with van der Waals surface area (Å²) in [6, 6.07) is 1.27. The summed E-state index contributed by atoms with van der Waals surface area (Å²) in [5.74, 6) is 0.292. The van der Waals surface area contributed by atoms with E-state index in [4.69, 9.17) is 11.0 Å². The van der Waals surface area contributed by atoms with Crippen molar-refractivity contribution < 1.29 is 13.2 Å². The van der Waals surface area contributed by atoms with Gasteiger partial charge in [-0.05, 0) is 19.3 Å². The van der Waals surface area contributed by atoms with E-state index in [9.17, 15) is 13.2 Å². The van der Waals surface area contributed by atoms with Gasteiger partial charge in [0.1, 0.15) is 11.6 Å². The Morgan fingerprint density at radius 3 is 2.95 bits per heavy atom. The normalized spacial score (nSPS) is 19.5. The van der Waals surface area contributed by atoms with Crippen LogP contribution in [0.3, 0.4) is 0 Å². The average molecular weight is 326 g/mol. The molecule has 0 bridgehead atoms. The minimum Gasteiger partial charge on any atom is -0.381 e. The molecule has 10 heteroatoms. The minimum atomic E-state index is -3.00. The summed E-state index contributed by atoms with van der Waals surface area (Å²) in [6.45, 7) is 0.398. The first kappa shape index (κ1) is 16.1. The summed E-state index contributed by atoms with van der Waals surface area (Å²) >= 11 is 0. The lowest BCUT2D eigenvalue weighted by atomic mass is 10.1. The fraction of sp³-hybridized carbons (Fsp3) is 0.583. The van der Waals surface area contributed by atoms with Crippen molar-refractivity contribution >= 4 is 21.7 Å². The van der Waals surface area contributed by atoms with Crippen molar-refractivity contribution in [3.63, 3.8) is 0 Å². The van der Waals surface area contributed by atoms with E-state index in [0.717, 1.165) is 0 Å². The Labute approximate surface area is 128 Å². The molecular weight excluding hydrogens is 308 g/mol. The van der Waals surface area contributed by atoms with Gasteiger partial charge in [-0.15, -0.1) is 0 Å². The standard InChI is InChI=1S/C12H18N6O3S/c13-6-9-10(17-18-11(9)14)2-1-4-15-12(19)16-8-3-5-22(20,21)7-8/h8H,1-5,7H2,(H3,14,17,18)(H2,15,16,19)/t8-/m0/s1. The molecule has 1 aliphatic heterocycles. The van der Waals surface area contributed by atoms with Gasteiger partial charge in [0.15, 0.2) is 15.7 Å². The number of rotatable bonds is 5. The summed E-state index contributed by atoms with van der Waals surface area (Å²) in [6.07, 6.45) is 1.59. The van der Waals surface area contributed by atoms with Gasteiger partial charge in [-0.1, -0.05) is 0 Å². The number of nitrogens with zero attached hydrogens (tertiary/aromatic N) is 2. The summed E-state index contributed by atoms with van der Waals surface area (Å²) in [5, 5.41) is 20.7. The highest BCUT2D eigenvalue weighted by Crippen LogP contribution is 2.13. The van der Waals surface area contributed by atoms with Gasteiger partial charge in [0.25, 0.3) is 0 Å². The number of sulfone groups is 1. The lowest BCUT2D eigenvalue weighted by Crippen LogP contribution is -2.43. The topological polar surface area (TPSA) is 154 Å². The summed E-state index contributed by atoms with van der Waals surface area (Å²) in [7, 11) is -3.00. The Hall–Kier alpha value is -2.28. The fourth-order valence-electron chi connectivity index (χ4n) is 2.31. The number of anilines is 1. The van der Waals surface area contributed by atoms with Crippen molar-refractivity contribution in [1.29, 1.82) is 5.26 Å². The van der Waals surface area contributed by atoms with Crippen LogP contribution in [0.25, 0.3) is 0 Å². The maximum Gasteiger partial charge on any atom is 0.315 e. The van der Waals surface area contributed by atoms with Crippen molar-refractivity contribution in [2.45, 2.75) is 25.3 Å². The van der Waals surface area contributed by atoms with Crippen molar-refractivity contribution in [3.05, 3.63) is 11.3 Å². The van der Waals surface area contributed by atoms with Crippen molar-refractivity contribution in [2.75, 3.05) is 23.8 Å². The molecule has 1 aromatic rings. The van der Waals surface area contributed by atoms with E-state index in [0.29, 0.717) is 37.1 Å². The number of nitrogen functional groups attached to an aromatic ring is 1. The molecule has 0 unspecified atom stereocenters. The average Bonchev–Trinajstić information content (AvgIpc) is 2.97. The predicted molar refractivity (Wildman–Crippen MR) is 79.6 cm³/mol. The summed E-state index contributed by atoms with van der Waals surface area (Å²) in [5.41, 5.74) is 6.50. The maximum absolute atomic E-state index is 11.6. The number of carbonyl (C=O) groups is 1. The number of amides is 2. The highest BCUT2D eigenvalue weighted by atomic mass is 32.2. The fourth-order valence-corrected chi connectivity index (χ4v) is 3.99. The lowest BCUT2D eigenvalue weighted by Gasteiger charge is -2.11. The van der Waals surface area contributed by atoms with E-state index in [2.05, 4.69) is 20.8 Å². The smallest absolute Gasteiger partial charge is 0.315 e. The SMILES string of the molecule is N#Cc1c(N)n[nH]c1CCCNC(=O)N[C@H]1CCS(=O)(=O)C1. The molecule has 0 spiro atoms. The first-order valence-electron chi connectivity index (χ1n) is 6.89. The number of hydrogen-bond donors (Lipinski definition) is 4. The number of carbonyl (C=O) groups excluding carboxylic acids is 1. The minimum absolute atomic E-state index is 0.000624. The Morgan fingerprint density at radius 2 is 2.32 bits per heavy atom. The van der Waals surface area contributed by atoms with Crippen LogP contribution < -0.4 is 16.4 Å². The number of aromatic amines is 1. The van der Waals surface area contributed by atoms with Gasteiger partial charge >= 0.3 is 6.03 Å². The van der Waals surface area contributed by atoms with Crippen LogP contribution in [-0.2, 0) is 16.3 Å². The van der Waals surface area contributed by atoms with E-state index in [1.165, 1.54) is 0 Å². The number of aromatic nitrogens is 2. The highest BCUT2D eigenvalue weighted by Gasteiger charge is 2.28. The van der Waals surface area contributed by atoms with E-state index < -0.39 is 9.84 Å². The molecule has 2 heterocycles. The number of nitrogens with one attached hydrogen (secondary N) is 3. The molecule has 1 saturated heterocycles. The van der Waals surface area contributed by atoms with Crippen molar-refractivity contribution in [1.82, 2.24) is 20.8 Å². The molecule has 1 atom stereocenters. The van der Waals surface area contributed by atoms with Crippen LogP contribution in [0, 0.1) is 11.3 Å². The van der Waals surface area contributed by atoms with Gasteiger partial charge < -0.3 is 16.4 Å². The molecule has 9 nitrogen and oxygen atoms in total. The summed E-state index contributed by atoms with van der Waals surface area (Å²) < 4.78 is 22.6. The second kappa shape index (κ2) is 6.65. The van der Waals surface area contributed by atoms with Gasteiger partial charge in [0, 0.05) is 12.6 Å². The molecule has 0 radical (unpaired) electrons. The van der Waals surface area contributed by atoms with Crippen LogP contribution in [0.15, 0.2) is 0 Å². The lowest BCUT2D eigenvalue weighted by molar-refractivity contribution is 0.238. The largest absolute Gasteiger partial charge is 0.381 e. The van der Waals surface area contributed by atoms with Crippen LogP contribution in [-0.4, -0.2) is 48.7 Å². The van der Waals surface area contributed by atoms with Crippen LogP contribution in [0.2, 0.25) is 0 Å². The zero-order valence-electron chi connectivity index (χ0n) is 11.9. The zero-order valence-corrected chi connectivity index (χ0v) is 12.7. The molecule has 1 aromatic heterocycles. The number of hydrogen-bond acceptors (Lipinski definition) is 6. The molecule has 5 N–H and O–H groups in total. The summed E-state index contributed by atoms with van der Waals surface area (Å²) in [4.78, 5) is 11.6. The molecule has 0 aromatic carbocycles. The van der Waals surface area contributed by atoms with Crippen LogP contribution in [0.5, 0.6) is 0 Å². The second-order valence-electron chi connectivity index (χ2n) is 5.18. The molecular formula is C12H18N6O3S. The molecule has 22 heavy (non-hydrogen) atoms. The third-order valence-corrected chi connectivity index (χ3v) is 5.21. The number of nitrogens with two attached hydrogens (primary N) is 1. The van der Waals surface area contributed by atoms with E-state index in [1.54, 1.807) is 0 Å². The van der Waals surface area contributed by atoms with E-state index in [1.807, 2.05) is 6.07 Å². The molecule has 0 aliphatic carbocycles. The Morgan fingerprint density at radius 1 is 1.55 bits per heavy atom. The zero-order chi connectivity index (χ0) is 16.2. The van der Waals surface area contributed by atoms with Crippen LogP contribution in [0.1, 0.15) is 24.1 Å². The number of aryl methyl sites for hydroxylation is 1. The number of urea groups is 1. The number of nitriles is 1. The molecule has 120 valence electrons. The molecule has 2 amide bonds. The Balaban J connectivity index is 1.68. The third kappa shape index (κ3) is 4.11. The number of H-pyrrole nitrogens is 1. The van der Waals surface area contributed by atoms with E-state index in [-0.39, 0.29) is 29.4 Å². The monoisotopic (exact) mass is 326 g/mol. The maximum atomic E-state index is 11.6. The van der Waals surface area contributed by atoms with Crippen LogP contribution in [0.4, 0.5) is 10.6 Å². The Bertz CT molecular complexity index is 690. The van der Waals surface area contributed by atoms with E-state index >= 15 is 0 Å². The van der Waals surface area contributed by atoms with Gasteiger partial charge in [-0.3, -0.25) is 5.10 Å². The van der Waals surface area contributed by atoms with Gasteiger partial charge in [-0.25, -0.2) is 13.2 Å². The van der Waals surface area contributed by atoms with Crippen molar-refractivity contribution in [3.8, 4) is 6.07 Å². The second-order valence-corrected chi connectivity index (χ2v) is 7.41. The molecule has 1 fully saturated rings. The van der Waals surface area contributed by atoms with Gasteiger partial charge in [0.05, 0.1) is 17.2 Å². The Kier molecular flexibility index (Phi) is 4.87. The van der Waals surface area contributed by atoms with Gasteiger partial charge in [0.2, 0.25) is 0 Å². The molecule has 1 aliphatic rings. The third-order valence-electron chi connectivity index (χ3n) is 3.44. The predicted octanol–water partition coefficient (Wildman–Crippen LogP) is -0.718. The first-order chi connectivity index (χ1) is 10.4. The molecule has 0 saturated carbocycles. The first-order valence-corrected chi connectivity index (χ1v) is 8.71. The van der Waals surface area contributed by atoms with Crippen LogP contribution >= 0.6 is 0 Å². The van der Waals surface area contributed by atoms with Gasteiger partial charge in [-0.2, -0.15) is 10.4 Å².